The number of nitrogens with zero attached hydrogens (tertiary/aromatic N) is 1. The number of hydrogen-bond acceptors (Lipinski definition) is 4. The number of methoxy groups -OCH3 is 1. The lowest BCUT2D eigenvalue weighted by atomic mass is 10.2. The second-order valence-corrected chi connectivity index (χ2v) is 5.66. The number of esters is 1. The summed E-state index contributed by atoms with van der Waals surface area (Å²) in [6, 6.07) is 14.5. The molecule has 0 bridgehead atoms. The molecule has 1 aliphatic rings. The smallest absolute Gasteiger partial charge is 0.332 e. The highest BCUT2D eigenvalue weighted by Gasteiger charge is 2.26. The number of ether oxygens (including phenoxy) is 1. The Morgan fingerprint density at radius 3 is 2.71 bits per heavy atom. The Hall–Kier alpha value is -2.79. The van der Waals surface area contributed by atoms with Crippen LogP contribution in [0.5, 0.6) is 0 Å². The predicted octanol–water partition coefficient (Wildman–Crippen LogP) is 3.88. The summed E-state index contributed by atoms with van der Waals surface area (Å²) in [6.07, 6.45) is 1.32. The van der Waals surface area contributed by atoms with Crippen LogP contribution in [0.4, 0.5) is 17.1 Å². The molecule has 0 unspecified atom stereocenters. The molecule has 2 aromatic rings. The third-order valence-corrected chi connectivity index (χ3v) is 3.83. The van der Waals surface area contributed by atoms with Gasteiger partial charge >= 0.3 is 5.97 Å². The number of halogens is 1. The van der Waals surface area contributed by atoms with Crippen LogP contribution < -0.4 is 10.2 Å². The van der Waals surface area contributed by atoms with Crippen molar-refractivity contribution in [2.24, 2.45) is 0 Å². The van der Waals surface area contributed by atoms with Gasteiger partial charge in [-0.05, 0) is 30.3 Å². The number of fused-ring (bicyclic) bond motifs is 1. The fourth-order valence-corrected chi connectivity index (χ4v) is 2.70. The van der Waals surface area contributed by atoms with Gasteiger partial charge < -0.3 is 10.1 Å². The molecule has 0 radical (unpaired) electrons. The number of benzene rings is 2. The maximum Gasteiger partial charge on any atom is 0.332 e. The Morgan fingerprint density at radius 2 is 2.00 bits per heavy atom. The highest BCUT2D eigenvalue weighted by atomic mass is 35.5. The summed E-state index contributed by atoms with van der Waals surface area (Å²) in [7, 11) is 1.29. The van der Waals surface area contributed by atoms with Crippen LogP contribution in [0.1, 0.15) is 6.42 Å². The summed E-state index contributed by atoms with van der Waals surface area (Å²) in [4.78, 5) is 25.9. The van der Waals surface area contributed by atoms with Crippen molar-refractivity contribution in [2.75, 3.05) is 17.3 Å². The van der Waals surface area contributed by atoms with Gasteiger partial charge in [0, 0.05) is 22.5 Å². The Bertz CT molecular complexity index is 818. The molecule has 0 saturated heterocycles. The zero-order chi connectivity index (χ0) is 17.1. The Labute approximate surface area is 144 Å². The van der Waals surface area contributed by atoms with E-state index in [-0.39, 0.29) is 12.3 Å². The van der Waals surface area contributed by atoms with Crippen LogP contribution in [-0.4, -0.2) is 19.0 Å². The van der Waals surface area contributed by atoms with Crippen LogP contribution in [-0.2, 0) is 14.3 Å². The first-order chi connectivity index (χ1) is 11.6. The zero-order valence-electron chi connectivity index (χ0n) is 13.0. The Kier molecular flexibility index (Phi) is 4.53. The average Bonchev–Trinajstić information content (AvgIpc) is 2.70. The van der Waals surface area contributed by atoms with E-state index >= 15 is 0 Å². The molecule has 122 valence electrons. The summed E-state index contributed by atoms with van der Waals surface area (Å²) >= 11 is 6.12. The van der Waals surface area contributed by atoms with Gasteiger partial charge in [0.25, 0.3) is 0 Å². The van der Waals surface area contributed by atoms with Crippen LogP contribution in [0.3, 0.4) is 0 Å². The van der Waals surface area contributed by atoms with Gasteiger partial charge in [-0.2, -0.15) is 0 Å². The van der Waals surface area contributed by atoms with Gasteiger partial charge in [-0.3, -0.25) is 9.69 Å². The Balaban J connectivity index is 2.12. The van der Waals surface area contributed by atoms with Gasteiger partial charge in [0.1, 0.15) is 0 Å². The predicted molar refractivity (Wildman–Crippen MR) is 93.4 cm³/mol. The molecule has 3 rings (SSSR count). The molecule has 0 fully saturated rings. The highest BCUT2D eigenvalue weighted by molar-refractivity contribution is 6.31. The minimum absolute atomic E-state index is 0.0380. The molecule has 6 heteroatoms. The molecular weight excluding hydrogens is 328 g/mol. The number of para-hydroxylation sites is 1. The van der Waals surface area contributed by atoms with E-state index in [1.807, 2.05) is 30.3 Å². The zero-order valence-corrected chi connectivity index (χ0v) is 13.7. The first-order valence-electron chi connectivity index (χ1n) is 7.31. The summed E-state index contributed by atoms with van der Waals surface area (Å²) in [6.45, 7) is 0. The number of rotatable bonds is 2. The normalized spacial score (nSPS) is 15.5. The number of carbonyl (C=O) groups is 2. The van der Waals surface area contributed by atoms with Gasteiger partial charge in [0.15, 0.2) is 0 Å². The van der Waals surface area contributed by atoms with E-state index in [9.17, 15) is 9.59 Å². The van der Waals surface area contributed by atoms with E-state index < -0.39 is 5.97 Å². The maximum atomic E-state index is 12.8. The molecule has 1 aliphatic heterocycles. The first kappa shape index (κ1) is 16.1. The highest BCUT2D eigenvalue weighted by Crippen LogP contribution is 2.38. The maximum absolute atomic E-state index is 12.8. The van der Waals surface area contributed by atoms with Crippen LogP contribution in [0.25, 0.3) is 0 Å². The molecule has 0 spiro atoms. The average molecular weight is 343 g/mol. The number of hydrogen-bond donors (Lipinski definition) is 1. The van der Waals surface area contributed by atoms with E-state index in [1.54, 1.807) is 23.1 Å². The molecular formula is C18H15ClN2O3. The molecule has 0 saturated carbocycles. The lowest BCUT2D eigenvalue weighted by Gasteiger charge is -2.22. The van der Waals surface area contributed by atoms with Crippen LogP contribution in [0.15, 0.2) is 60.3 Å². The van der Waals surface area contributed by atoms with Gasteiger partial charge in [-0.1, -0.05) is 29.8 Å². The minimum atomic E-state index is -0.519. The van der Waals surface area contributed by atoms with Gasteiger partial charge in [-0.25, -0.2) is 4.79 Å². The lowest BCUT2D eigenvalue weighted by Crippen LogP contribution is -2.24. The SMILES string of the molecule is COC(=O)C=C1CC(=O)N(c2ccccc2)c2cc(Cl)ccc2N1. The number of anilines is 3. The van der Waals surface area contributed by atoms with Crippen molar-refractivity contribution in [1.29, 1.82) is 0 Å². The second kappa shape index (κ2) is 6.76. The Morgan fingerprint density at radius 1 is 1.25 bits per heavy atom. The molecule has 1 heterocycles. The van der Waals surface area contributed by atoms with Crippen molar-refractivity contribution >= 4 is 40.5 Å². The summed E-state index contributed by atoms with van der Waals surface area (Å²) in [5, 5.41) is 3.64. The molecule has 1 amide bonds. The molecule has 2 aromatic carbocycles. The number of nitrogens with one attached hydrogen (secondary N) is 1. The van der Waals surface area contributed by atoms with Crippen LogP contribution in [0, 0.1) is 0 Å². The molecule has 0 aliphatic carbocycles. The van der Waals surface area contributed by atoms with E-state index in [0.29, 0.717) is 22.1 Å². The van der Waals surface area contributed by atoms with Crippen molar-refractivity contribution in [3.05, 3.63) is 65.3 Å². The third kappa shape index (κ3) is 3.26. The van der Waals surface area contributed by atoms with Crippen molar-refractivity contribution in [1.82, 2.24) is 0 Å². The van der Waals surface area contributed by atoms with Gasteiger partial charge in [0.2, 0.25) is 5.91 Å². The molecule has 0 aromatic heterocycles. The summed E-state index contributed by atoms with van der Waals surface area (Å²) in [5.74, 6) is -0.696. The van der Waals surface area contributed by atoms with Gasteiger partial charge in [0.05, 0.1) is 24.9 Å². The summed E-state index contributed by atoms with van der Waals surface area (Å²) < 4.78 is 4.65. The fourth-order valence-electron chi connectivity index (χ4n) is 2.54. The van der Waals surface area contributed by atoms with Gasteiger partial charge in [-0.15, -0.1) is 0 Å². The van der Waals surface area contributed by atoms with E-state index in [4.69, 9.17) is 11.6 Å². The fraction of sp³-hybridized carbons (Fsp3) is 0.111. The van der Waals surface area contributed by atoms with E-state index in [2.05, 4.69) is 10.1 Å². The quantitative estimate of drug-likeness (QED) is 0.664. The van der Waals surface area contributed by atoms with Crippen molar-refractivity contribution in [3.63, 3.8) is 0 Å². The monoisotopic (exact) mass is 342 g/mol. The number of amides is 1. The van der Waals surface area contributed by atoms with Crippen LogP contribution >= 0.6 is 11.6 Å². The first-order valence-corrected chi connectivity index (χ1v) is 7.69. The number of carbonyl (C=O) groups excluding carboxylic acids is 2. The summed E-state index contributed by atoms with van der Waals surface area (Å²) in [5.41, 5.74) is 2.51. The van der Waals surface area contributed by atoms with Crippen LogP contribution in [0.2, 0.25) is 5.02 Å². The molecule has 0 atom stereocenters. The molecule has 5 nitrogen and oxygen atoms in total. The minimum Gasteiger partial charge on any atom is -0.466 e. The molecule has 24 heavy (non-hydrogen) atoms. The van der Waals surface area contributed by atoms with E-state index in [1.165, 1.54) is 13.2 Å². The van der Waals surface area contributed by atoms with E-state index in [0.717, 1.165) is 5.69 Å². The second-order valence-electron chi connectivity index (χ2n) is 5.22. The van der Waals surface area contributed by atoms with Crippen molar-refractivity contribution in [2.45, 2.75) is 6.42 Å². The van der Waals surface area contributed by atoms with Crippen molar-refractivity contribution in [3.8, 4) is 0 Å². The topological polar surface area (TPSA) is 58.6 Å². The standard InChI is InChI=1S/C18H15ClN2O3/c1-24-18(23)11-13-10-17(22)21(14-5-3-2-4-6-14)16-9-12(19)7-8-15(16)20-13/h2-9,11,20H,10H2,1H3. The largest absolute Gasteiger partial charge is 0.466 e. The van der Waals surface area contributed by atoms with Crippen molar-refractivity contribution < 1.29 is 14.3 Å². The molecule has 1 N–H and O–H groups in total. The lowest BCUT2D eigenvalue weighted by molar-refractivity contribution is -0.134. The third-order valence-electron chi connectivity index (χ3n) is 3.59.